The fourth-order valence-electron chi connectivity index (χ4n) is 9.59. The summed E-state index contributed by atoms with van der Waals surface area (Å²) < 4.78 is 0. The number of nitrogens with one attached hydrogen (secondary N) is 1. The van der Waals surface area contributed by atoms with Crippen molar-refractivity contribution >= 4 is 21.6 Å². The Morgan fingerprint density at radius 3 is 2.68 bits per heavy atom. The Hall–Kier alpha value is -1.36. The predicted octanol–water partition coefficient (Wildman–Crippen LogP) is 9.83. The Morgan fingerprint density at radius 2 is 1.83 bits per heavy atom. The molecule has 8 bridgehead atoms. The van der Waals surface area contributed by atoms with Crippen LogP contribution in [0.1, 0.15) is 113 Å². The van der Waals surface area contributed by atoms with E-state index in [2.05, 4.69) is 102 Å². The van der Waals surface area contributed by atoms with Crippen molar-refractivity contribution in [3.05, 3.63) is 76.9 Å². The number of fused-ring (bicyclic) bond motifs is 1. The van der Waals surface area contributed by atoms with Crippen LogP contribution in [0.3, 0.4) is 0 Å². The normalized spacial score (nSPS) is 40.6. The molecule has 2 aromatic rings. The molecule has 0 aromatic heterocycles. The lowest BCUT2D eigenvalue weighted by atomic mass is 9.59. The minimum Gasteiger partial charge on any atom is -0.508 e. The standard InChI is InChI=1S/C37H49NOS2/c1-24-7-6-13-36(2,22-24)29-18-25-15-26-16-27(21-30(39)19-26)31-10-11-34(33-9-5-4-8-32(31)33)38-37(3)14-12-35(41-40-23-37)28(17-25)20-29/h4-6,8-9,13,16,19,21,24-25,28-29,31,34-35,38-39H,7,10-12,14-15,17-18,20,22-23H2,1-3H3/t24-,25-,28+,29-,31-,34+,35+,36-,37+/m0/s1. The van der Waals surface area contributed by atoms with Gasteiger partial charge in [-0.1, -0.05) is 77.9 Å². The zero-order valence-electron chi connectivity index (χ0n) is 25.3. The van der Waals surface area contributed by atoms with E-state index in [1.165, 1.54) is 73.0 Å². The Kier molecular flexibility index (Phi) is 7.82. The highest BCUT2D eigenvalue weighted by Gasteiger charge is 2.44. The molecule has 3 aliphatic carbocycles. The van der Waals surface area contributed by atoms with Gasteiger partial charge in [-0.05, 0) is 135 Å². The molecule has 4 heteroatoms. The molecule has 1 saturated carbocycles. The SMILES string of the molecule is C[C@H]1CC=C[C@](C)([C@H]2C[C@H]3Cc4cc(O)cc(c4)[C@@H]4CC[C@@H](N[C@]5(C)CC[C@@H](SSC5)[C@H](C3)C2)c2ccccc24)C1. The van der Waals surface area contributed by atoms with Gasteiger partial charge in [-0.2, -0.15) is 0 Å². The zero-order chi connectivity index (χ0) is 28.2. The molecular weight excluding hydrogens is 539 g/mol. The summed E-state index contributed by atoms with van der Waals surface area (Å²) in [4.78, 5) is 0. The first kappa shape index (κ1) is 28.4. The minimum absolute atomic E-state index is 0.160. The molecule has 0 amide bonds. The summed E-state index contributed by atoms with van der Waals surface area (Å²) in [6.45, 7) is 7.53. The highest BCUT2D eigenvalue weighted by atomic mass is 33.1. The summed E-state index contributed by atoms with van der Waals surface area (Å²) in [5.74, 6) is 5.00. The first-order chi connectivity index (χ1) is 19.8. The van der Waals surface area contributed by atoms with Gasteiger partial charge in [0, 0.05) is 28.5 Å². The maximum absolute atomic E-state index is 11.0. The van der Waals surface area contributed by atoms with Crippen molar-refractivity contribution in [3.8, 4) is 5.75 Å². The molecule has 2 N–H and O–H groups in total. The number of rotatable bonds is 1. The zero-order valence-corrected chi connectivity index (χ0v) is 26.9. The van der Waals surface area contributed by atoms with Crippen LogP contribution in [0.4, 0.5) is 0 Å². The largest absolute Gasteiger partial charge is 0.508 e. The van der Waals surface area contributed by atoms with Crippen molar-refractivity contribution in [3.63, 3.8) is 0 Å². The van der Waals surface area contributed by atoms with Gasteiger partial charge in [-0.25, -0.2) is 0 Å². The van der Waals surface area contributed by atoms with Gasteiger partial charge in [0.1, 0.15) is 5.75 Å². The van der Waals surface area contributed by atoms with Gasteiger partial charge in [-0.3, -0.25) is 0 Å². The van der Waals surface area contributed by atoms with Gasteiger partial charge < -0.3 is 10.4 Å². The van der Waals surface area contributed by atoms with Gasteiger partial charge >= 0.3 is 0 Å². The Bertz CT molecular complexity index is 1290. The molecule has 0 spiro atoms. The van der Waals surface area contributed by atoms with Gasteiger partial charge in [0.2, 0.25) is 0 Å². The maximum atomic E-state index is 11.0. The lowest BCUT2D eigenvalue weighted by Gasteiger charge is -2.47. The number of hydrogen-bond donors (Lipinski definition) is 2. The van der Waals surface area contributed by atoms with Crippen LogP contribution in [0.25, 0.3) is 0 Å². The van der Waals surface area contributed by atoms with Crippen LogP contribution in [-0.2, 0) is 6.42 Å². The second-order valence-corrected chi connectivity index (χ2v) is 17.7. The molecule has 0 radical (unpaired) electrons. The van der Waals surface area contributed by atoms with E-state index < -0.39 is 0 Å². The molecule has 8 rings (SSSR count). The smallest absolute Gasteiger partial charge is 0.116 e. The number of aromatic hydroxyl groups is 1. The first-order valence-corrected chi connectivity index (χ1v) is 18.8. The van der Waals surface area contributed by atoms with E-state index in [1.54, 1.807) is 0 Å². The lowest BCUT2D eigenvalue weighted by molar-refractivity contribution is 0.0836. The average Bonchev–Trinajstić information content (AvgIpc) is 3.14. The fourth-order valence-corrected chi connectivity index (χ4v) is 13.2. The number of allylic oxidation sites excluding steroid dienone is 2. The average molecular weight is 588 g/mol. The van der Waals surface area contributed by atoms with Crippen LogP contribution in [0, 0.1) is 29.1 Å². The Labute approximate surface area is 256 Å². The topological polar surface area (TPSA) is 32.3 Å². The van der Waals surface area contributed by atoms with Crippen LogP contribution in [0.15, 0.2) is 54.6 Å². The third kappa shape index (κ3) is 5.79. The van der Waals surface area contributed by atoms with Gasteiger partial charge in [-0.15, -0.1) is 0 Å². The molecule has 0 unspecified atom stereocenters. The molecule has 2 nitrogen and oxygen atoms in total. The molecule has 2 fully saturated rings. The van der Waals surface area contributed by atoms with E-state index in [4.69, 9.17) is 0 Å². The monoisotopic (exact) mass is 587 g/mol. The van der Waals surface area contributed by atoms with E-state index in [9.17, 15) is 5.11 Å². The molecule has 3 heterocycles. The molecule has 2 aromatic carbocycles. The maximum Gasteiger partial charge on any atom is 0.116 e. The summed E-state index contributed by atoms with van der Waals surface area (Å²) in [6.07, 6.45) is 17.7. The van der Waals surface area contributed by atoms with E-state index in [-0.39, 0.29) is 5.54 Å². The number of hydrogen-bond acceptors (Lipinski definition) is 4. The molecule has 9 atom stereocenters. The Balaban J connectivity index is 1.29. The Morgan fingerprint density at radius 1 is 0.976 bits per heavy atom. The quantitative estimate of drug-likeness (QED) is 0.257. The third-order valence-electron chi connectivity index (χ3n) is 11.6. The highest BCUT2D eigenvalue weighted by molar-refractivity contribution is 8.77. The summed E-state index contributed by atoms with van der Waals surface area (Å²) >= 11 is 0. The van der Waals surface area contributed by atoms with Gasteiger partial charge in [0.15, 0.2) is 0 Å². The van der Waals surface area contributed by atoms with E-state index in [1.807, 2.05) is 0 Å². The van der Waals surface area contributed by atoms with Crippen LogP contribution in [0.5, 0.6) is 5.75 Å². The molecule has 6 aliphatic rings. The van der Waals surface area contributed by atoms with Crippen LogP contribution in [0.2, 0.25) is 0 Å². The molecule has 3 aliphatic heterocycles. The van der Waals surface area contributed by atoms with Crippen molar-refractivity contribution < 1.29 is 5.11 Å². The first-order valence-electron chi connectivity index (χ1n) is 16.4. The van der Waals surface area contributed by atoms with Crippen molar-refractivity contribution in [1.82, 2.24) is 5.32 Å². The van der Waals surface area contributed by atoms with Gasteiger partial charge in [0.25, 0.3) is 0 Å². The third-order valence-corrected chi connectivity index (χ3v) is 14.9. The summed E-state index contributed by atoms with van der Waals surface area (Å²) in [5, 5.41) is 16.0. The van der Waals surface area contributed by atoms with E-state index >= 15 is 0 Å². The van der Waals surface area contributed by atoms with Gasteiger partial charge in [0.05, 0.1) is 0 Å². The second kappa shape index (κ2) is 11.3. The minimum atomic E-state index is 0.160. The predicted molar refractivity (Wildman–Crippen MR) is 177 cm³/mol. The molecule has 41 heavy (non-hydrogen) atoms. The van der Waals surface area contributed by atoms with Crippen molar-refractivity contribution in [2.45, 2.75) is 108 Å². The molecule has 220 valence electrons. The van der Waals surface area contributed by atoms with Crippen LogP contribution in [-0.4, -0.2) is 21.6 Å². The van der Waals surface area contributed by atoms with E-state index in [0.29, 0.717) is 29.0 Å². The van der Waals surface area contributed by atoms with Crippen molar-refractivity contribution in [2.75, 3.05) is 5.75 Å². The number of benzene rings is 2. The van der Waals surface area contributed by atoms with E-state index in [0.717, 1.165) is 42.3 Å². The molecular formula is C37H49NOS2. The molecule has 1 saturated heterocycles. The van der Waals surface area contributed by atoms with Crippen LogP contribution < -0.4 is 5.32 Å². The van der Waals surface area contributed by atoms with Crippen molar-refractivity contribution in [1.29, 1.82) is 0 Å². The lowest BCUT2D eigenvalue weighted by Crippen LogP contribution is -2.47. The second-order valence-electron chi connectivity index (χ2n) is 15.1. The summed E-state index contributed by atoms with van der Waals surface area (Å²) in [5.41, 5.74) is 6.08. The van der Waals surface area contributed by atoms with Crippen molar-refractivity contribution in [2.24, 2.45) is 29.1 Å². The van der Waals surface area contributed by atoms with Crippen LogP contribution >= 0.6 is 21.6 Å². The highest BCUT2D eigenvalue weighted by Crippen LogP contribution is 2.54. The number of phenolic OH excluding ortho intramolecular Hbond substituents is 1. The fraction of sp³-hybridized carbons (Fsp3) is 0.622. The summed E-state index contributed by atoms with van der Waals surface area (Å²) in [7, 11) is 4.38. The number of phenols is 1. The summed E-state index contributed by atoms with van der Waals surface area (Å²) in [6, 6.07) is 16.2.